The van der Waals surface area contributed by atoms with E-state index < -0.39 is 15.9 Å². The number of anilines is 1. The summed E-state index contributed by atoms with van der Waals surface area (Å²) in [5.41, 5.74) is 1.66. The Morgan fingerprint density at radius 2 is 1.83 bits per heavy atom. The minimum atomic E-state index is -3.70. The van der Waals surface area contributed by atoms with E-state index in [9.17, 15) is 13.2 Å². The first-order chi connectivity index (χ1) is 10.8. The Balaban J connectivity index is 2.06. The van der Waals surface area contributed by atoms with Gasteiger partial charge in [-0.3, -0.25) is 4.79 Å². The monoisotopic (exact) mass is 396 g/mol. The zero-order chi connectivity index (χ0) is 17.0. The first kappa shape index (κ1) is 17.7. The molecule has 1 amide bonds. The van der Waals surface area contributed by atoms with E-state index in [2.05, 4.69) is 21.2 Å². The van der Waals surface area contributed by atoms with Gasteiger partial charge in [0.05, 0.1) is 11.4 Å². The van der Waals surface area contributed by atoms with E-state index >= 15 is 0 Å². The molecule has 2 rings (SSSR count). The predicted octanol–water partition coefficient (Wildman–Crippen LogP) is 3.02. The number of nitrogens with zero attached hydrogens (tertiary/aromatic N) is 1. The van der Waals surface area contributed by atoms with Crippen LogP contribution < -0.4 is 5.32 Å². The fourth-order valence-electron chi connectivity index (χ4n) is 2.00. The fourth-order valence-corrected chi connectivity index (χ4v) is 3.39. The van der Waals surface area contributed by atoms with Crippen LogP contribution in [0.3, 0.4) is 0 Å². The first-order valence-corrected chi connectivity index (χ1v) is 9.11. The normalized spacial score (nSPS) is 11.5. The molecular weight excluding hydrogens is 380 g/mol. The van der Waals surface area contributed by atoms with E-state index in [0.29, 0.717) is 5.69 Å². The molecule has 7 heteroatoms. The predicted molar refractivity (Wildman–Crippen MR) is 93.8 cm³/mol. The van der Waals surface area contributed by atoms with Crippen LogP contribution >= 0.6 is 15.9 Å². The van der Waals surface area contributed by atoms with Crippen LogP contribution in [-0.2, 0) is 14.8 Å². The molecule has 0 bridgehead atoms. The zero-order valence-corrected chi connectivity index (χ0v) is 15.2. The molecule has 0 aliphatic carbocycles. The third-order valence-electron chi connectivity index (χ3n) is 3.19. The van der Waals surface area contributed by atoms with Crippen molar-refractivity contribution in [3.63, 3.8) is 0 Å². The van der Waals surface area contributed by atoms with Crippen molar-refractivity contribution in [2.75, 3.05) is 18.9 Å². The average molecular weight is 397 g/mol. The van der Waals surface area contributed by atoms with Crippen LogP contribution in [0, 0.1) is 6.92 Å². The largest absolute Gasteiger partial charge is 0.325 e. The van der Waals surface area contributed by atoms with Gasteiger partial charge in [0, 0.05) is 17.2 Å². The van der Waals surface area contributed by atoms with E-state index in [0.717, 1.165) is 14.3 Å². The number of hydrogen-bond donors (Lipinski definition) is 1. The third kappa shape index (κ3) is 4.63. The molecule has 5 nitrogen and oxygen atoms in total. The van der Waals surface area contributed by atoms with Gasteiger partial charge >= 0.3 is 0 Å². The number of likely N-dealkylation sites (N-methyl/N-ethyl adjacent to an activating group) is 1. The summed E-state index contributed by atoms with van der Waals surface area (Å²) in [6, 6.07) is 13.6. The second-order valence-electron chi connectivity index (χ2n) is 5.13. The number of rotatable bonds is 5. The summed E-state index contributed by atoms with van der Waals surface area (Å²) >= 11 is 3.26. The van der Waals surface area contributed by atoms with Crippen molar-refractivity contribution in [3.05, 3.63) is 58.6 Å². The highest BCUT2D eigenvalue weighted by Gasteiger charge is 2.22. The number of carbonyl (C=O) groups excluding carboxylic acids is 1. The lowest BCUT2D eigenvalue weighted by Gasteiger charge is -2.17. The van der Waals surface area contributed by atoms with E-state index in [1.807, 2.05) is 25.1 Å². The first-order valence-electron chi connectivity index (χ1n) is 6.87. The van der Waals surface area contributed by atoms with Crippen LogP contribution in [0.2, 0.25) is 0 Å². The maximum absolute atomic E-state index is 12.4. The molecule has 122 valence electrons. The Hall–Kier alpha value is -1.70. The van der Waals surface area contributed by atoms with Crippen molar-refractivity contribution < 1.29 is 13.2 Å². The standard InChI is InChI=1S/C16H17BrN2O3S/c1-12-4-3-5-14(10-12)18-16(20)11-19(2)23(21,22)15-8-6-13(17)7-9-15/h3-10H,11H2,1-2H3,(H,18,20). The Labute approximate surface area is 144 Å². The maximum Gasteiger partial charge on any atom is 0.243 e. The van der Waals surface area contributed by atoms with E-state index in [4.69, 9.17) is 0 Å². The number of aryl methyl sites for hydroxylation is 1. The number of sulfonamides is 1. The van der Waals surface area contributed by atoms with Gasteiger partial charge in [0.1, 0.15) is 0 Å². The summed E-state index contributed by atoms with van der Waals surface area (Å²) in [7, 11) is -2.32. The van der Waals surface area contributed by atoms with Crippen LogP contribution in [-0.4, -0.2) is 32.2 Å². The van der Waals surface area contributed by atoms with Gasteiger partial charge in [0.15, 0.2) is 0 Å². The molecule has 0 aliphatic heterocycles. The molecule has 0 radical (unpaired) electrons. The Bertz CT molecular complexity index is 804. The quantitative estimate of drug-likeness (QED) is 0.844. The molecule has 0 spiro atoms. The third-order valence-corrected chi connectivity index (χ3v) is 5.54. The minimum absolute atomic E-state index is 0.145. The van der Waals surface area contributed by atoms with Crippen LogP contribution in [0.5, 0.6) is 0 Å². The molecule has 0 heterocycles. The van der Waals surface area contributed by atoms with Gasteiger partial charge in [-0.05, 0) is 48.9 Å². The van der Waals surface area contributed by atoms with Gasteiger partial charge < -0.3 is 5.32 Å². The highest BCUT2D eigenvalue weighted by atomic mass is 79.9. The van der Waals surface area contributed by atoms with Gasteiger partial charge in [-0.25, -0.2) is 8.42 Å². The van der Waals surface area contributed by atoms with Gasteiger partial charge in [-0.1, -0.05) is 28.1 Å². The lowest BCUT2D eigenvalue weighted by Crippen LogP contribution is -2.34. The molecule has 0 aliphatic rings. The average Bonchev–Trinajstić information content (AvgIpc) is 2.47. The smallest absolute Gasteiger partial charge is 0.243 e. The second-order valence-corrected chi connectivity index (χ2v) is 8.09. The number of amides is 1. The maximum atomic E-state index is 12.4. The lowest BCUT2D eigenvalue weighted by molar-refractivity contribution is -0.116. The summed E-state index contributed by atoms with van der Waals surface area (Å²) in [6.45, 7) is 1.66. The highest BCUT2D eigenvalue weighted by Crippen LogP contribution is 2.18. The summed E-state index contributed by atoms with van der Waals surface area (Å²) in [5.74, 6) is -0.390. The van der Waals surface area contributed by atoms with Crippen LogP contribution in [0.1, 0.15) is 5.56 Å². The fraction of sp³-hybridized carbons (Fsp3) is 0.188. The van der Waals surface area contributed by atoms with E-state index in [1.54, 1.807) is 18.2 Å². The topological polar surface area (TPSA) is 66.5 Å². The van der Waals surface area contributed by atoms with Crippen molar-refractivity contribution >= 4 is 37.5 Å². The van der Waals surface area contributed by atoms with E-state index in [1.165, 1.54) is 19.2 Å². The molecule has 0 aromatic heterocycles. The van der Waals surface area contributed by atoms with Crippen LogP contribution in [0.4, 0.5) is 5.69 Å². The summed E-state index contributed by atoms with van der Waals surface area (Å²) < 4.78 is 26.6. The lowest BCUT2D eigenvalue weighted by atomic mass is 10.2. The number of hydrogen-bond acceptors (Lipinski definition) is 3. The number of benzene rings is 2. The second kappa shape index (κ2) is 7.25. The van der Waals surface area contributed by atoms with Crippen LogP contribution in [0.25, 0.3) is 0 Å². The SMILES string of the molecule is Cc1cccc(NC(=O)CN(C)S(=O)(=O)c2ccc(Br)cc2)c1. The van der Waals surface area contributed by atoms with Gasteiger partial charge in [0.25, 0.3) is 0 Å². The zero-order valence-electron chi connectivity index (χ0n) is 12.8. The van der Waals surface area contributed by atoms with Gasteiger partial charge in [-0.2, -0.15) is 4.31 Å². The molecular formula is C16H17BrN2O3S. The summed E-state index contributed by atoms with van der Waals surface area (Å²) in [4.78, 5) is 12.2. The van der Waals surface area contributed by atoms with Crippen molar-refractivity contribution in [2.24, 2.45) is 0 Å². The Morgan fingerprint density at radius 3 is 2.43 bits per heavy atom. The van der Waals surface area contributed by atoms with Crippen LogP contribution in [0.15, 0.2) is 57.9 Å². The molecule has 1 N–H and O–H groups in total. The summed E-state index contributed by atoms with van der Waals surface area (Å²) in [5, 5.41) is 2.69. The van der Waals surface area contributed by atoms with E-state index in [-0.39, 0.29) is 11.4 Å². The molecule has 0 atom stereocenters. The molecule has 23 heavy (non-hydrogen) atoms. The molecule has 0 saturated heterocycles. The van der Waals surface area contributed by atoms with Crippen molar-refractivity contribution in [1.29, 1.82) is 0 Å². The number of nitrogens with one attached hydrogen (secondary N) is 1. The molecule has 0 saturated carbocycles. The minimum Gasteiger partial charge on any atom is -0.325 e. The molecule has 2 aromatic carbocycles. The Kier molecular flexibility index (Phi) is 5.56. The molecule has 0 unspecified atom stereocenters. The van der Waals surface area contributed by atoms with Crippen molar-refractivity contribution in [3.8, 4) is 0 Å². The Morgan fingerprint density at radius 1 is 1.17 bits per heavy atom. The van der Waals surface area contributed by atoms with Gasteiger partial charge in [-0.15, -0.1) is 0 Å². The summed E-state index contributed by atoms with van der Waals surface area (Å²) in [6.07, 6.45) is 0. The van der Waals surface area contributed by atoms with Gasteiger partial charge in [0.2, 0.25) is 15.9 Å². The molecule has 2 aromatic rings. The number of halogens is 1. The molecule has 0 fully saturated rings. The van der Waals surface area contributed by atoms with Crippen molar-refractivity contribution in [1.82, 2.24) is 4.31 Å². The van der Waals surface area contributed by atoms with Crippen molar-refractivity contribution in [2.45, 2.75) is 11.8 Å². The number of carbonyl (C=O) groups is 1. The highest BCUT2D eigenvalue weighted by molar-refractivity contribution is 9.10.